The van der Waals surface area contributed by atoms with Gasteiger partial charge in [0.15, 0.2) is 0 Å². The van der Waals surface area contributed by atoms with Crippen LogP contribution in [0.3, 0.4) is 0 Å². The Morgan fingerprint density at radius 2 is 2.09 bits per heavy atom. The molecule has 1 fully saturated rings. The molecule has 1 rings (SSSR count). The van der Waals surface area contributed by atoms with Crippen molar-refractivity contribution in [2.75, 3.05) is 0 Å². The van der Waals surface area contributed by atoms with Gasteiger partial charge in [0.2, 0.25) is 0 Å². The summed E-state index contributed by atoms with van der Waals surface area (Å²) < 4.78 is 0. The maximum absolute atomic E-state index is 11.0. The third-order valence-electron chi connectivity index (χ3n) is 2.73. The van der Waals surface area contributed by atoms with E-state index in [1.165, 1.54) is 0 Å². The number of hydrogen-bond acceptors (Lipinski definition) is 2. The molecular formula is C9H14O2. The molecule has 0 aliphatic heterocycles. The van der Waals surface area contributed by atoms with Crippen molar-refractivity contribution in [3.63, 3.8) is 0 Å². The molecule has 1 aliphatic carbocycles. The first-order valence-electron chi connectivity index (χ1n) is 4.12. The Balaban J connectivity index is 2.68. The SMILES string of the molecule is CC(=O)C1CCC(C)C1C=O. The molecule has 62 valence electrons. The van der Waals surface area contributed by atoms with Crippen LogP contribution in [0.15, 0.2) is 0 Å². The van der Waals surface area contributed by atoms with Gasteiger partial charge >= 0.3 is 0 Å². The number of aldehydes is 1. The summed E-state index contributed by atoms with van der Waals surface area (Å²) in [5.74, 6) is 0.586. The lowest BCUT2D eigenvalue weighted by Gasteiger charge is -2.12. The van der Waals surface area contributed by atoms with Crippen LogP contribution >= 0.6 is 0 Å². The van der Waals surface area contributed by atoms with Crippen LogP contribution in [0.5, 0.6) is 0 Å². The van der Waals surface area contributed by atoms with E-state index in [1.807, 2.05) is 6.92 Å². The molecule has 0 amide bonds. The van der Waals surface area contributed by atoms with E-state index >= 15 is 0 Å². The first-order chi connectivity index (χ1) is 5.16. The highest BCUT2D eigenvalue weighted by molar-refractivity contribution is 5.82. The molecule has 0 spiro atoms. The highest BCUT2D eigenvalue weighted by atomic mass is 16.1. The summed E-state index contributed by atoms with van der Waals surface area (Å²) in [4.78, 5) is 21.6. The van der Waals surface area contributed by atoms with E-state index in [-0.39, 0.29) is 17.6 Å². The Bertz CT molecular complexity index is 174. The van der Waals surface area contributed by atoms with Crippen LogP contribution < -0.4 is 0 Å². The lowest BCUT2D eigenvalue weighted by Crippen LogP contribution is -2.20. The summed E-state index contributed by atoms with van der Waals surface area (Å²) in [6.45, 7) is 3.63. The number of ketones is 1. The molecule has 2 heteroatoms. The van der Waals surface area contributed by atoms with Gasteiger partial charge in [-0.3, -0.25) is 4.79 Å². The van der Waals surface area contributed by atoms with Gasteiger partial charge in [-0.2, -0.15) is 0 Å². The van der Waals surface area contributed by atoms with Crippen molar-refractivity contribution in [1.82, 2.24) is 0 Å². The van der Waals surface area contributed by atoms with Gasteiger partial charge in [-0.05, 0) is 25.7 Å². The van der Waals surface area contributed by atoms with Crippen molar-refractivity contribution >= 4 is 12.1 Å². The van der Waals surface area contributed by atoms with Crippen molar-refractivity contribution < 1.29 is 9.59 Å². The Morgan fingerprint density at radius 3 is 2.45 bits per heavy atom. The standard InChI is InChI=1S/C9H14O2/c1-6-3-4-8(7(2)11)9(6)5-10/h5-6,8-9H,3-4H2,1-2H3. The monoisotopic (exact) mass is 154 g/mol. The largest absolute Gasteiger partial charge is 0.303 e. The number of Topliss-reactive ketones (excluding diaryl/α,β-unsaturated/α-hetero) is 1. The van der Waals surface area contributed by atoms with Crippen LogP contribution in [-0.4, -0.2) is 12.1 Å². The van der Waals surface area contributed by atoms with Crippen LogP contribution in [0, 0.1) is 17.8 Å². The Hall–Kier alpha value is -0.660. The average molecular weight is 154 g/mol. The van der Waals surface area contributed by atoms with Gasteiger partial charge in [0.25, 0.3) is 0 Å². The van der Waals surface area contributed by atoms with Gasteiger partial charge in [-0.25, -0.2) is 0 Å². The number of hydrogen-bond donors (Lipinski definition) is 0. The van der Waals surface area contributed by atoms with Gasteiger partial charge in [0, 0.05) is 11.8 Å². The van der Waals surface area contributed by atoms with E-state index in [0.29, 0.717) is 5.92 Å². The molecule has 2 nitrogen and oxygen atoms in total. The predicted molar refractivity (Wildman–Crippen MR) is 42.1 cm³/mol. The minimum Gasteiger partial charge on any atom is -0.303 e. The molecule has 3 atom stereocenters. The normalized spacial score (nSPS) is 37.1. The fourth-order valence-corrected chi connectivity index (χ4v) is 1.93. The number of carbonyl (C=O) groups is 2. The summed E-state index contributed by atoms with van der Waals surface area (Å²) in [6, 6.07) is 0. The van der Waals surface area contributed by atoms with E-state index in [9.17, 15) is 9.59 Å². The quantitative estimate of drug-likeness (QED) is 0.564. The van der Waals surface area contributed by atoms with Crippen LogP contribution in [0.4, 0.5) is 0 Å². The summed E-state index contributed by atoms with van der Waals surface area (Å²) in [7, 11) is 0. The number of carbonyl (C=O) groups excluding carboxylic acids is 2. The Kier molecular flexibility index (Phi) is 2.42. The average Bonchev–Trinajstić information content (AvgIpc) is 2.30. The van der Waals surface area contributed by atoms with Crippen LogP contribution in [0.1, 0.15) is 26.7 Å². The molecule has 0 saturated heterocycles. The van der Waals surface area contributed by atoms with E-state index in [1.54, 1.807) is 6.92 Å². The van der Waals surface area contributed by atoms with Crippen molar-refractivity contribution in [2.24, 2.45) is 17.8 Å². The highest BCUT2D eigenvalue weighted by Gasteiger charge is 2.35. The smallest absolute Gasteiger partial charge is 0.133 e. The zero-order valence-electron chi connectivity index (χ0n) is 7.04. The second-order valence-electron chi connectivity index (χ2n) is 3.49. The minimum atomic E-state index is -0.00694. The highest BCUT2D eigenvalue weighted by Crippen LogP contribution is 2.35. The molecular weight excluding hydrogens is 140 g/mol. The van der Waals surface area contributed by atoms with Gasteiger partial charge < -0.3 is 4.79 Å². The summed E-state index contributed by atoms with van der Waals surface area (Å²) in [6.07, 6.45) is 2.87. The first kappa shape index (κ1) is 8.44. The van der Waals surface area contributed by atoms with Crippen molar-refractivity contribution in [3.8, 4) is 0 Å². The van der Waals surface area contributed by atoms with E-state index in [4.69, 9.17) is 0 Å². The topological polar surface area (TPSA) is 34.1 Å². The van der Waals surface area contributed by atoms with Gasteiger partial charge in [-0.15, -0.1) is 0 Å². The molecule has 0 aromatic heterocycles. The van der Waals surface area contributed by atoms with Crippen LogP contribution in [0.2, 0.25) is 0 Å². The van der Waals surface area contributed by atoms with Gasteiger partial charge in [-0.1, -0.05) is 6.92 Å². The Labute approximate surface area is 67.0 Å². The van der Waals surface area contributed by atoms with Gasteiger partial charge in [0.1, 0.15) is 12.1 Å². The third kappa shape index (κ3) is 1.50. The minimum absolute atomic E-state index is 0.00694. The molecule has 0 N–H and O–H groups in total. The van der Waals surface area contributed by atoms with Gasteiger partial charge in [0.05, 0.1) is 0 Å². The number of rotatable bonds is 2. The molecule has 1 aliphatic rings. The van der Waals surface area contributed by atoms with Crippen molar-refractivity contribution in [1.29, 1.82) is 0 Å². The maximum Gasteiger partial charge on any atom is 0.133 e. The Morgan fingerprint density at radius 1 is 1.45 bits per heavy atom. The van der Waals surface area contributed by atoms with Crippen molar-refractivity contribution in [2.45, 2.75) is 26.7 Å². The van der Waals surface area contributed by atoms with Crippen LogP contribution in [-0.2, 0) is 9.59 Å². The van der Waals surface area contributed by atoms with Crippen LogP contribution in [0.25, 0.3) is 0 Å². The second-order valence-corrected chi connectivity index (χ2v) is 3.49. The van der Waals surface area contributed by atoms with Crippen molar-refractivity contribution in [3.05, 3.63) is 0 Å². The first-order valence-corrected chi connectivity index (χ1v) is 4.12. The fourth-order valence-electron chi connectivity index (χ4n) is 1.93. The second kappa shape index (κ2) is 3.16. The van der Waals surface area contributed by atoms with E-state index < -0.39 is 0 Å². The molecule has 0 aromatic rings. The molecule has 0 radical (unpaired) electrons. The maximum atomic E-state index is 11.0. The molecule has 0 aromatic carbocycles. The van der Waals surface area contributed by atoms with E-state index in [0.717, 1.165) is 19.1 Å². The lowest BCUT2D eigenvalue weighted by atomic mass is 9.89. The lowest BCUT2D eigenvalue weighted by molar-refractivity contribution is -0.125. The summed E-state index contributed by atoms with van der Waals surface area (Å²) in [5.41, 5.74) is 0. The molecule has 3 unspecified atom stereocenters. The third-order valence-corrected chi connectivity index (χ3v) is 2.73. The zero-order valence-corrected chi connectivity index (χ0v) is 7.04. The fraction of sp³-hybridized carbons (Fsp3) is 0.778. The zero-order chi connectivity index (χ0) is 8.43. The predicted octanol–water partition coefficient (Wildman–Crippen LogP) is 1.44. The molecule has 11 heavy (non-hydrogen) atoms. The summed E-state index contributed by atoms with van der Waals surface area (Å²) in [5, 5.41) is 0. The van der Waals surface area contributed by atoms with E-state index in [2.05, 4.69) is 0 Å². The molecule has 1 saturated carbocycles. The summed E-state index contributed by atoms with van der Waals surface area (Å²) >= 11 is 0. The molecule has 0 heterocycles. The molecule has 0 bridgehead atoms.